The van der Waals surface area contributed by atoms with Gasteiger partial charge in [-0.25, -0.2) is 4.98 Å². The second kappa shape index (κ2) is 10.2. The third-order valence-corrected chi connectivity index (χ3v) is 7.54. The van der Waals surface area contributed by atoms with Gasteiger partial charge in [0.1, 0.15) is 17.0 Å². The zero-order valence-corrected chi connectivity index (χ0v) is 21.2. The summed E-state index contributed by atoms with van der Waals surface area (Å²) in [6, 6.07) is 6.44. The summed E-state index contributed by atoms with van der Waals surface area (Å²) in [4.78, 5) is 29.3. The molecule has 2 aliphatic heterocycles. The maximum atomic E-state index is 13.0. The Morgan fingerprint density at radius 1 is 0.971 bits per heavy atom. The summed E-state index contributed by atoms with van der Waals surface area (Å²) in [7, 11) is 0. The first kappa shape index (κ1) is 23.6. The van der Waals surface area contributed by atoms with E-state index in [2.05, 4.69) is 58.9 Å². The summed E-state index contributed by atoms with van der Waals surface area (Å²) in [5.74, 6) is 1.76. The number of piperazine rings is 1. The lowest BCUT2D eigenvalue weighted by atomic mass is 10.1. The number of benzene rings is 1. The minimum atomic E-state index is 0.167. The molecular weight excluding hydrogens is 440 g/mol. The fourth-order valence-corrected chi connectivity index (χ4v) is 5.27. The molecule has 0 spiro atoms. The highest BCUT2D eigenvalue weighted by Crippen LogP contribution is 2.30. The van der Waals surface area contributed by atoms with Crippen molar-refractivity contribution in [3.63, 3.8) is 0 Å². The Hall–Kier alpha value is -3.16. The maximum absolute atomic E-state index is 13.0. The fourth-order valence-electron chi connectivity index (χ4n) is 5.27. The van der Waals surface area contributed by atoms with Gasteiger partial charge in [0.05, 0.1) is 5.69 Å². The molecule has 0 unspecified atom stereocenters. The van der Waals surface area contributed by atoms with Crippen LogP contribution in [0, 0.1) is 13.8 Å². The van der Waals surface area contributed by atoms with E-state index in [4.69, 9.17) is 9.51 Å². The molecule has 2 aromatic heterocycles. The Labute approximate surface area is 207 Å². The van der Waals surface area contributed by atoms with E-state index in [0.29, 0.717) is 24.4 Å². The second-order valence-electron chi connectivity index (χ2n) is 9.76. The number of hydrogen-bond acceptors (Lipinski definition) is 7. The highest BCUT2D eigenvalue weighted by atomic mass is 16.5. The topological polar surface area (TPSA) is 78.6 Å². The van der Waals surface area contributed by atoms with E-state index < -0.39 is 0 Å². The highest BCUT2D eigenvalue weighted by molar-refractivity contribution is 5.88. The smallest absolute Gasteiger partial charge is 0.263 e. The number of carbonyl (C=O) groups is 1. The largest absolute Gasteiger partial charge is 0.368 e. The Morgan fingerprint density at radius 3 is 2.49 bits per heavy atom. The van der Waals surface area contributed by atoms with Gasteiger partial charge in [0.2, 0.25) is 5.91 Å². The Bertz CT molecular complexity index is 1190. The van der Waals surface area contributed by atoms with Gasteiger partial charge in [-0.05, 0) is 56.7 Å². The van der Waals surface area contributed by atoms with Crippen LogP contribution in [0.15, 0.2) is 22.7 Å². The van der Waals surface area contributed by atoms with Crippen molar-refractivity contribution < 1.29 is 9.32 Å². The quantitative estimate of drug-likeness (QED) is 0.531. The van der Waals surface area contributed by atoms with Gasteiger partial charge in [-0.3, -0.25) is 4.79 Å². The molecule has 186 valence electrons. The molecule has 0 N–H and O–H groups in total. The fraction of sp³-hybridized carbons (Fsp3) is 0.556. The SMILES string of the molecule is CCc1noc2nc(CCC(=O)N3CCN(c4cccc(C)c4C)CC3)nc(N3CCCCC3)c12. The molecule has 5 rings (SSSR count). The van der Waals surface area contributed by atoms with Crippen LogP contribution in [0.4, 0.5) is 11.5 Å². The van der Waals surface area contributed by atoms with Crippen LogP contribution >= 0.6 is 0 Å². The maximum Gasteiger partial charge on any atom is 0.263 e. The van der Waals surface area contributed by atoms with Gasteiger partial charge < -0.3 is 19.2 Å². The van der Waals surface area contributed by atoms with Gasteiger partial charge >= 0.3 is 0 Å². The Morgan fingerprint density at radius 2 is 1.74 bits per heavy atom. The number of amides is 1. The lowest BCUT2D eigenvalue weighted by molar-refractivity contribution is -0.131. The molecule has 1 amide bonds. The van der Waals surface area contributed by atoms with E-state index in [1.54, 1.807) is 0 Å². The molecule has 1 aromatic carbocycles. The van der Waals surface area contributed by atoms with Crippen LogP contribution in [0.3, 0.4) is 0 Å². The van der Waals surface area contributed by atoms with Gasteiger partial charge in [0.25, 0.3) is 5.71 Å². The minimum absolute atomic E-state index is 0.167. The lowest BCUT2D eigenvalue weighted by Crippen LogP contribution is -2.49. The first-order chi connectivity index (χ1) is 17.0. The number of aryl methyl sites for hydroxylation is 3. The summed E-state index contributed by atoms with van der Waals surface area (Å²) in [5.41, 5.74) is 5.36. The summed E-state index contributed by atoms with van der Waals surface area (Å²) in [5, 5.41) is 5.18. The van der Waals surface area contributed by atoms with Gasteiger partial charge in [0.15, 0.2) is 0 Å². The molecule has 0 saturated carbocycles. The van der Waals surface area contributed by atoms with E-state index in [9.17, 15) is 4.79 Å². The van der Waals surface area contributed by atoms with Crippen molar-refractivity contribution in [1.82, 2.24) is 20.0 Å². The molecule has 0 aliphatic carbocycles. The molecule has 0 radical (unpaired) electrons. The van der Waals surface area contributed by atoms with Crippen LogP contribution in [0.2, 0.25) is 0 Å². The van der Waals surface area contributed by atoms with Gasteiger partial charge in [0, 0.05) is 57.8 Å². The van der Waals surface area contributed by atoms with Crippen molar-refractivity contribution in [1.29, 1.82) is 0 Å². The van der Waals surface area contributed by atoms with Crippen LogP contribution in [0.1, 0.15) is 55.3 Å². The summed E-state index contributed by atoms with van der Waals surface area (Å²) in [6.07, 6.45) is 5.29. The third kappa shape index (κ3) is 4.83. The molecule has 2 fully saturated rings. The molecule has 8 heteroatoms. The molecule has 2 saturated heterocycles. The second-order valence-corrected chi connectivity index (χ2v) is 9.76. The number of fused-ring (bicyclic) bond motifs is 1. The predicted molar refractivity (Wildman–Crippen MR) is 138 cm³/mol. The molecule has 0 bridgehead atoms. The van der Waals surface area contributed by atoms with Crippen LogP contribution < -0.4 is 9.80 Å². The minimum Gasteiger partial charge on any atom is -0.368 e. The van der Waals surface area contributed by atoms with Crippen LogP contribution in [0.25, 0.3) is 11.1 Å². The van der Waals surface area contributed by atoms with E-state index in [1.807, 2.05) is 4.90 Å². The number of aromatic nitrogens is 3. The number of rotatable bonds is 6. The van der Waals surface area contributed by atoms with Crippen LogP contribution in [-0.4, -0.2) is 65.2 Å². The number of nitrogens with zero attached hydrogens (tertiary/aromatic N) is 6. The molecular formula is C27H36N6O2. The number of hydrogen-bond donors (Lipinski definition) is 0. The summed E-state index contributed by atoms with van der Waals surface area (Å²) >= 11 is 0. The van der Waals surface area contributed by atoms with E-state index in [-0.39, 0.29) is 5.91 Å². The van der Waals surface area contributed by atoms with Crippen molar-refractivity contribution >= 4 is 28.5 Å². The Kier molecular flexibility index (Phi) is 6.88. The van der Waals surface area contributed by atoms with Crippen molar-refractivity contribution in [3.8, 4) is 0 Å². The number of carbonyl (C=O) groups excluding carboxylic acids is 1. The van der Waals surface area contributed by atoms with Gasteiger partial charge in [-0.1, -0.05) is 24.2 Å². The van der Waals surface area contributed by atoms with E-state index in [0.717, 1.165) is 62.6 Å². The zero-order valence-electron chi connectivity index (χ0n) is 21.2. The van der Waals surface area contributed by atoms with E-state index >= 15 is 0 Å². The summed E-state index contributed by atoms with van der Waals surface area (Å²) in [6.45, 7) is 11.6. The molecule has 8 nitrogen and oxygen atoms in total. The number of piperidine rings is 1. The molecule has 2 aliphatic rings. The first-order valence-corrected chi connectivity index (χ1v) is 13.0. The van der Waals surface area contributed by atoms with Crippen molar-refractivity contribution in [3.05, 3.63) is 40.8 Å². The van der Waals surface area contributed by atoms with Gasteiger partial charge in [-0.2, -0.15) is 4.98 Å². The van der Waals surface area contributed by atoms with Gasteiger partial charge in [-0.15, -0.1) is 0 Å². The summed E-state index contributed by atoms with van der Waals surface area (Å²) < 4.78 is 5.58. The highest BCUT2D eigenvalue weighted by Gasteiger charge is 2.25. The first-order valence-electron chi connectivity index (χ1n) is 13.0. The normalized spacial score (nSPS) is 16.8. The molecule has 35 heavy (non-hydrogen) atoms. The van der Waals surface area contributed by atoms with Crippen molar-refractivity contribution in [2.75, 3.05) is 49.1 Å². The van der Waals surface area contributed by atoms with E-state index in [1.165, 1.54) is 36.1 Å². The van der Waals surface area contributed by atoms with Crippen molar-refractivity contribution in [2.45, 2.75) is 59.3 Å². The monoisotopic (exact) mass is 476 g/mol. The zero-order chi connectivity index (χ0) is 24.4. The molecule has 3 aromatic rings. The number of anilines is 2. The third-order valence-electron chi connectivity index (χ3n) is 7.54. The molecule has 4 heterocycles. The van der Waals surface area contributed by atoms with Crippen LogP contribution in [0.5, 0.6) is 0 Å². The lowest BCUT2D eigenvalue weighted by Gasteiger charge is -2.37. The van der Waals surface area contributed by atoms with Crippen LogP contribution in [-0.2, 0) is 17.6 Å². The Balaban J connectivity index is 1.25. The standard InChI is InChI=1S/C27H36N6O2/c1-4-21-25-26(33-13-6-5-7-14-33)28-23(29-27(25)35-30-21)11-12-24(34)32-17-15-31(16-18-32)22-10-8-9-19(2)20(22)3/h8-10H,4-7,11-18H2,1-3H3. The predicted octanol–water partition coefficient (Wildman–Crippen LogP) is 4.07. The average molecular weight is 477 g/mol. The molecule has 0 atom stereocenters. The van der Waals surface area contributed by atoms with Crippen molar-refractivity contribution in [2.24, 2.45) is 0 Å². The average Bonchev–Trinajstić information content (AvgIpc) is 3.32.